The predicted octanol–water partition coefficient (Wildman–Crippen LogP) is 9.71. The number of tetrazole rings is 1. The van der Waals surface area contributed by atoms with E-state index in [1.807, 2.05) is 128 Å². The number of fused-ring (bicyclic) bond motifs is 2. The van der Waals surface area contributed by atoms with Crippen LogP contribution in [-0.4, -0.2) is 96.1 Å². The zero-order valence-corrected chi connectivity index (χ0v) is 48.6. The number of β-lactam (4-membered cyclic amide) rings is 1. The van der Waals surface area contributed by atoms with E-state index >= 15 is 0 Å². The lowest BCUT2D eigenvalue weighted by Crippen LogP contribution is -2.70. The van der Waals surface area contributed by atoms with E-state index in [2.05, 4.69) is 43.6 Å². The quantitative estimate of drug-likeness (QED) is 0.0222. The molecular formula is C62H60N9O8S3+. The number of carbonyl (C=O) groups excluding carboxylic acids is 3. The third-order valence-electron chi connectivity index (χ3n) is 14.6. The Hall–Kier alpha value is -8.33. The molecule has 17 nitrogen and oxygen atoms in total. The molecule has 1 fully saturated rings. The maximum Gasteiger partial charge on any atom is 0.276 e. The standard InChI is InChI=1S/C62H59N9O8S3/c1-38(72)62(3,4)79-67-54(49-37-80-39(2)63-49)59(73)64-55-60(74)70-57(58-65-68-71(66-58)56(42-14-9-7-10-15-42)43-16-11-8-12-17-43)44(36-82-61(55)70)35-81-53-30-31-69(50-19-13-18-48(50)53)45-24-29-51(77-33-40-20-25-46(75-5)26-21-40)52(32-45)78-34-41-22-27-47(76-6)28-23-41/h7-12,14-17,20-32,37,55-56,61H,13,18-19,33-36H2,1-6H3/p+1/b67-54-/t55-,61-/m1/s1. The molecule has 0 unspecified atom stereocenters. The number of rotatable bonds is 22. The Kier molecular flexibility index (Phi) is 16.5. The lowest BCUT2D eigenvalue weighted by Gasteiger charge is -2.49. The lowest BCUT2D eigenvalue weighted by molar-refractivity contribution is -0.604. The maximum absolute atomic E-state index is 14.7. The van der Waals surface area contributed by atoms with Crippen LogP contribution >= 0.6 is 34.9 Å². The second-order valence-corrected chi connectivity index (χ2v) is 23.5. The first kappa shape index (κ1) is 55.6. The Labute approximate surface area is 487 Å². The highest BCUT2D eigenvalue weighted by Crippen LogP contribution is 2.45. The van der Waals surface area contributed by atoms with Crippen LogP contribution in [0.25, 0.3) is 11.4 Å². The van der Waals surface area contributed by atoms with E-state index in [0.717, 1.165) is 69.2 Å². The summed E-state index contributed by atoms with van der Waals surface area (Å²) in [5.41, 5.74) is 7.67. The third kappa shape index (κ3) is 11.9. The predicted molar refractivity (Wildman–Crippen MR) is 314 cm³/mol. The number of ether oxygens (including phenoxy) is 4. The van der Waals surface area contributed by atoms with Crippen LogP contribution < -0.4 is 28.8 Å². The smallest absolute Gasteiger partial charge is 0.276 e. The number of ketones is 1. The van der Waals surface area contributed by atoms with Crippen molar-refractivity contribution >= 4 is 63.9 Å². The number of nitrogens with zero attached hydrogens (tertiary/aromatic N) is 8. The highest BCUT2D eigenvalue weighted by atomic mass is 32.2. The molecule has 5 heterocycles. The Morgan fingerprint density at radius 1 is 0.854 bits per heavy atom. The van der Waals surface area contributed by atoms with Gasteiger partial charge in [0.05, 0.1) is 31.0 Å². The normalized spacial score (nSPS) is 15.9. The number of nitrogens with one attached hydrogen (secondary N) is 1. The summed E-state index contributed by atoms with van der Waals surface area (Å²) >= 11 is 4.61. The minimum absolute atomic E-state index is 0.141. The first-order valence-electron chi connectivity index (χ1n) is 26.8. The Balaban J connectivity index is 0.896. The third-order valence-corrected chi connectivity index (χ3v) is 17.9. The summed E-state index contributed by atoms with van der Waals surface area (Å²) in [6.45, 7) is 7.02. The number of pyridine rings is 1. The van der Waals surface area contributed by atoms with Crippen molar-refractivity contribution in [3.63, 3.8) is 0 Å². The zero-order chi connectivity index (χ0) is 56.9. The second kappa shape index (κ2) is 24.4. The largest absolute Gasteiger partial charge is 0.497 e. The number of amides is 2. The van der Waals surface area contributed by atoms with Gasteiger partial charge in [0, 0.05) is 45.9 Å². The van der Waals surface area contributed by atoms with Gasteiger partial charge in [0.25, 0.3) is 11.8 Å². The molecule has 1 saturated heterocycles. The highest BCUT2D eigenvalue weighted by molar-refractivity contribution is 8.01. The summed E-state index contributed by atoms with van der Waals surface area (Å²) < 4.78 is 26.0. The van der Waals surface area contributed by atoms with E-state index in [1.165, 1.54) is 29.5 Å². The van der Waals surface area contributed by atoms with Gasteiger partial charge in [-0.3, -0.25) is 19.3 Å². The van der Waals surface area contributed by atoms with Gasteiger partial charge < -0.3 is 29.1 Å². The van der Waals surface area contributed by atoms with Crippen molar-refractivity contribution < 1.29 is 42.7 Å². The highest BCUT2D eigenvalue weighted by Gasteiger charge is 2.54. The van der Waals surface area contributed by atoms with Gasteiger partial charge in [-0.2, -0.15) is 9.36 Å². The molecule has 20 heteroatoms. The van der Waals surface area contributed by atoms with Crippen LogP contribution in [0.4, 0.5) is 0 Å². The van der Waals surface area contributed by atoms with Crippen LogP contribution in [0.5, 0.6) is 23.0 Å². The van der Waals surface area contributed by atoms with Crippen molar-refractivity contribution in [1.82, 2.24) is 35.4 Å². The molecule has 5 aromatic carbocycles. The Morgan fingerprint density at radius 2 is 1.51 bits per heavy atom. The van der Waals surface area contributed by atoms with Crippen molar-refractivity contribution in [2.24, 2.45) is 5.16 Å². The molecule has 11 rings (SSSR count). The Bertz CT molecular complexity index is 3660. The van der Waals surface area contributed by atoms with E-state index in [-0.39, 0.29) is 23.1 Å². The number of oxime groups is 1. The van der Waals surface area contributed by atoms with Gasteiger partial charge in [0.15, 0.2) is 40.5 Å². The summed E-state index contributed by atoms with van der Waals surface area (Å²) in [5, 5.41) is 23.5. The van der Waals surface area contributed by atoms with E-state index in [1.54, 1.807) is 66.7 Å². The average molecular weight is 1160 g/mol. The van der Waals surface area contributed by atoms with Gasteiger partial charge >= 0.3 is 0 Å². The minimum Gasteiger partial charge on any atom is -0.497 e. The number of hydrogen-bond donors (Lipinski definition) is 1. The van der Waals surface area contributed by atoms with Crippen molar-refractivity contribution in [2.75, 3.05) is 25.7 Å². The summed E-state index contributed by atoms with van der Waals surface area (Å²) in [6.07, 6.45) is 4.89. The van der Waals surface area contributed by atoms with E-state index in [9.17, 15) is 14.4 Å². The first-order valence-corrected chi connectivity index (χ1v) is 29.7. The van der Waals surface area contributed by atoms with Crippen LogP contribution in [0.3, 0.4) is 0 Å². The fourth-order valence-corrected chi connectivity index (χ4v) is 13.0. The fourth-order valence-electron chi connectivity index (χ4n) is 9.85. The molecule has 0 saturated carbocycles. The topological polar surface area (TPSA) is 185 Å². The number of Topliss-reactive ketones (excluding diaryl/α,β-unsaturated/α-hetero) is 1. The molecule has 82 heavy (non-hydrogen) atoms. The van der Waals surface area contributed by atoms with E-state index in [0.29, 0.717) is 52.7 Å². The van der Waals surface area contributed by atoms with Crippen molar-refractivity contribution in [2.45, 2.75) is 88.1 Å². The van der Waals surface area contributed by atoms with Crippen LogP contribution in [0.2, 0.25) is 0 Å². The van der Waals surface area contributed by atoms with Crippen LogP contribution in [0.1, 0.15) is 83.3 Å². The van der Waals surface area contributed by atoms with Crippen molar-refractivity contribution in [1.29, 1.82) is 0 Å². The van der Waals surface area contributed by atoms with Crippen molar-refractivity contribution in [3.8, 4) is 28.7 Å². The van der Waals surface area contributed by atoms with Crippen LogP contribution in [-0.2, 0) is 45.3 Å². The number of benzene rings is 5. The van der Waals surface area contributed by atoms with Gasteiger partial charge in [-0.05, 0) is 104 Å². The summed E-state index contributed by atoms with van der Waals surface area (Å²) in [6, 6.07) is 42.5. The lowest BCUT2D eigenvalue weighted by atomic mass is 9.99. The SMILES string of the molecule is COc1ccc(COc2ccc(-[n+]3ccc(SCC4=C(c5nnn(C(c6ccccc6)c6ccccc6)n5)N5C(=O)[C@@H](NC(=O)/C(=N\OC(C)(C)C(C)=O)c6csc(C)n6)[C@H]5SC4)c4c3CCC4)cc2OCc2ccc(OC)cc2)cc1. The molecule has 8 aromatic rings. The number of thioether (sulfide) groups is 2. The Morgan fingerprint density at radius 3 is 2.13 bits per heavy atom. The molecular weight excluding hydrogens is 1090 g/mol. The molecule has 3 aromatic heterocycles. The molecule has 2 aliphatic heterocycles. The zero-order valence-electron chi connectivity index (χ0n) is 46.1. The number of aromatic nitrogens is 6. The molecule has 0 radical (unpaired) electrons. The monoisotopic (exact) mass is 1150 g/mol. The second-order valence-electron chi connectivity index (χ2n) is 20.3. The summed E-state index contributed by atoms with van der Waals surface area (Å²) in [5.74, 6) is 2.85. The fraction of sp³-hybridized carbons (Fsp3) is 0.274. The number of methoxy groups -OCH3 is 2. The minimum atomic E-state index is -1.31. The van der Waals surface area contributed by atoms with E-state index < -0.39 is 29.0 Å². The van der Waals surface area contributed by atoms with Gasteiger partial charge in [-0.1, -0.05) is 90.1 Å². The van der Waals surface area contributed by atoms with Crippen LogP contribution in [0, 0.1) is 6.92 Å². The maximum atomic E-state index is 14.7. The van der Waals surface area contributed by atoms with Gasteiger partial charge in [0.2, 0.25) is 11.5 Å². The molecule has 418 valence electrons. The molecule has 2 atom stereocenters. The molecule has 1 N–H and O–H groups in total. The molecule has 0 bridgehead atoms. The van der Waals surface area contributed by atoms with E-state index in [4.69, 9.17) is 34.0 Å². The molecule has 1 aliphatic carbocycles. The number of thiazole rings is 1. The summed E-state index contributed by atoms with van der Waals surface area (Å²) in [4.78, 5) is 55.9. The van der Waals surface area contributed by atoms with Gasteiger partial charge in [0.1, 0.15) is 47.9 Å². The molecule has 3 aliphatic rings. The summed E-state index contributed by atoms with van der Waals surface area (Å²) in [7, 11) is 3.30. The number of carbonyl (C=O) groups is 3. The number of aryl methyl sites for hydroxylation is 1. The molecule has 0 spiro atoms. The number of hydrogen-bond acceptors (Lipinski definition) is 16. The van der Waals surface area contributed by atoms with Gasteiger partial charge in [-0.15, -0.1) is 45.1 Å². The van der Waals surface area contributed by atoms with Crippen molar-refractivity contribution in [3.05, 3.63) is 201 Å². The van der Waals surface area contributed by atoms with Gasteiger partial charge in [-0.25, -0.2) is 4.98 Å². The molecule has 2 amide bonds. The van der Waals surface area contributed by atoms with Crippen LogP contribution in [0.15, 0.2) is 161 Å². The first-order chi connectivity index (χ1) is 39.8. The average Bonchev–Trinajstić information content (AvgIpc) is 4.45.